The molecule has 2 aromatic heterocycles. The van der Waals surface area contributed by atoms with Crippen molar-refractivity contribution in [3.63, 3.8) is 0 Å². The summed E-state index contributed by atoms with van der Waals surface area (Å²) in [4.78, 5) is 30.3. The van der Waals surface area contributed by atoms with Gasteiger partial charge in [-0.1, -0.05) is 33.1 Å². The summed E-state index contributed by atoms with van der Waals surface area (Å²) in [5.41, 5.74) is 1.51. The van der Waals surface area contributed by atoms with E-state index in [1.165, 1.54) is 46.3 Å². The third-order valence-electron chi connectivity index (χ3n) is 7.53. The van der Waals surface area contributed by atoms with Gasteiger partial charge in [-0.15, -0.1) is 11.3 Å². The van der Waals surface area contributed by atoms with Crippen molar-refractivity contribution in [1.82, 2.24) is 14.9 Å². The number of carbonyl (C=O) groups is 1. The van der Waals surface area contributed by atoms with E-state index < -0.39 is 0 Å². The zero-order chi connectivity index (χ0) is 21.4. The molecule has 1 amide bonds. The maximum atomic E-state index is 12.9. The van der Waals surface area contributed by atoms with Crippen LogP contribution in [-0.2, 0) is 24.1 Å². The van der Waals surface area contributed by atoms with Gasteiger partial charge < -0.3 is 9.80 Å². The second kappa shape index (κ2) is 9.05. The van der Waals surface area contributed by atoms with Gasteiger partial charge in [0.2, 0.25) is 5.91 Å². The van der Waals surface area contributed by atoms with Crippen molar-refractivity contribution >= 4 is 33.3 Å². The molecule has 0 N–H and O–H groups in total. The van der Waals surface area contributed by atoms with Gasteiger partial charge in [0.05, 0.1) is 5.39 Å². The number of fused-ring (bicyclic) bond motifs is 3. The quantitative estimate of drug-likeness (QED) is 0.657. The first kappa shape index (κ1) is 21.2. The van der Waals surface area contributed by atoms with E-state index in [9.17, 15) is 4.79 Å². The molecule has 0 bridgehead atoms. The number of amides is 1. The van der Waals surface area contributed by atoms with Crippen LogP contribution in [0.1, 0.15) is 75.1 Å². The Bertz CT molecular complexity index is 941. The van der Waals surface area contributed by atoms with Gasteiger partial charge in [-0.3, -0.25) is 4.79 Å². The first-order chi connectivity index (χ1) is 15.1. The highest BCUT2D eigenvalue weighted by Gasteiger charge is 2.31. The maximum Gasteiger partial charge on any atom is 0.225 e. The molecule has 1 saturated carbocycles. The van der Waals surface area contributed by atoms with Crippen molar-refractivity contribution < 1.29 is 4.79 Å². The Morgan fingerprint density at radius 1 is 1.10 bits per heavy atom. The first-order valence-electron chi connectivity index (χ1n) is 12.5. The zero-order valence-corrected chi connectivity index (χ0v) is 20.0. The van der Waals surface area contributed by atoms with Crippen LogP contribution < -0.4 is 4.90 Å². The summed E-state index contributed by atoms with van der Waals surface area (Å²) >= 11 is 1.91. The van der Waals surface area contributed by atoms with Gasteiger partial charge in [-0.25, -0.2) is 9.97 Å². The van der Waals surface area contributed by atoms with Crippen LogP contribution in [-0.4, -0.2) is 47.0 Å². The molecule has 5 rings (SSSR count). The van der Waals surface area contributed by atoms with Crippen LogP contribution in [0.5, 0.6) is 0 Å². The molecule has 0 spiro atoms. The topological polar surface area (TPSA) is 49.3 Å². The van der Waals surface area contributed by atoms with E-state index in [1.807, 2.05) is 11.3 Å². The summed E-state index contributed by atoms with van der Waals surface area (Å²) in [6.07, 6.45) is 11.5. The molecule has 1 atom stereocenters. The molecule has 3 aliphatic rings. The molecular formula is C25H36N4OS. The lowest BCUT2D eigenvalue weighted by Gasteiger charge is -2.37. The minimum absolute atomic E-state index is 0.281. The van der Waals surface area contributed by atoms with Gasteiger partial charge in [0.15, 0.2) is 0 Å². The SMILES string of the molecule is CCCCc1nc(N2CCN(C(=O)C3CCCC3)CC2)c2c3c(sc2n1)C[C@@H](C)CC3. The third kappa shape index (κ3) is 4.20. The van der Waals surface area contributed by atoms with Gasteiger partial charge >= 0.3 is 0 Å². The van der Waals surface area contributed by atoms with Crippen molar-refractivity contribution in [3.05, 3.63) is 16.3 Å². The van der Waals surface area contributed by atoms with Gasteiger partial charge in [0, 0.05) is 43.4 Å². The van der Waals surface area contributed by atoms with Crippen LogP contribution in [0.15, 0.2) is 0 Å². The van der Waals surface area contributed by atoms with E-state index in [0.29, 0.717) is 5.91 Å². The van der Waals surface area contributed by atoms with E-state index in [2.05, 4.69) is 23.6 Å². The molecule has 2 fully saturated rings. The lowest BCUT2D eigenvalue weighted by molar-refractivity contribution is -0.135. The molecule has 2 aromatic rings. The zero-order valence-electron chi connectivity index (χ0n) is 19.2. The summed E-state index contributed by atoms with van der Waals surface area (Å²) in [5, 5.41) is 1.32. The average molecular weight is 441 g/mol. The molecular weight excluding hydrogens is 404 g/mol. The Balaban J connectivity index is 1.42. The van der Waals surface area contributed by atoms with Gasteiger partial charge in [-0.2, -0.15) is 0 Å². The fourth-order valence-electron chi connectivity index (χ4n) is 5.61. The number of piperazine rings is 1. The number of hydrogen-bond acceptors (Lipinski definition) is 5. The highest BCUT2D eigenvalue weighted by atomic mass is 32.1. The number of aryl methyl sites for hydroxylation is 2. The first-order valence-corrected chi connectivity index (χ1v) is 13.3. The van der Waals surface area contributed by atoms with Crippen molar-refractivity contribution in [2.24, 2.45) is 11.8 Å². The molecule has 2 aliphatic carbocycles. The molecule has 31 heavy (non-hydrogen) atoms. The fourth-order valence-corrected chi connectivity index (χ4v) is 7.01. The monoisotopic (exact) mass is 440 g/mol. The second-order valence-electron chi connectivity index (χ2n) is 9.89. The molecule has 1 saturated heterocycles. The highest BCUT2D eigenvalue weighted by Crippen LogP contribution is 2.41. The van der Waals surface area contributed by atoms with Gasteiger partial charge in [-0.05, 0) is 50.0 Å². The van der Waals surface area contributed by atoms with Crippen molar-refractivity contribution in [2.45, 2.75) is 78.1 Å². The van der Waals surface area contributed by atoms with Crippen molar-refractivity contribution in [1.29, 1.82) is 0 Å². The standard InChI is InChI=1S/C25H36N4OS/c1-3-4-9-21-26-23(22-19-11-10-17(2)16-20(19)31-24(22)27-21)28-12-14-29(15-13-28)25(30)18-7-5-6-8-18/h17-18H,3-16H2,1-2H3/t17-/m0/s1. The summed E-state index contributed by atoms with van der Waals surface area (Å²) in [6.45, 7) is 8.03. The number of aromatic nitrogens is 2. The molecule has 3 heterocycles. The van der Waals surface area contributed by atoms with E-state index in [0.717, 1.165) is 82.3 Å². The lowest BCUT2D eigenvalue weighted by atomic mass is 9.89. The lowest BCUT2D eigenvalue weighted by Crippen LogP contribution is -2.50. The molecule has 6 heteroatoms. The number of anilines is 1. The number of thiophene rings is 1. The third-order valence-corrected chi connectivity index (χ3v) is 8.68. The van der Waals surface area contributed by atoms with E-state index in [4.69, 9.17) is 9.97 Å². The number of rotatable bonds is 5. The van der Waals surface area contributed by atoms with E-state index in [1.54, 1.807) is 0 Å². The van der Waals surface area contributed by atoms with Crippen molar-refractivity contribution in [2.75, 3.05) is 31.1 Å². The summed E-state index contributed by atoms with van der Waals surface area (Å²) in [5.74, 6) is 3.60. The van der Waals surface area contributed by atoms with Crippen molar-refractivity contribution in [3.8, 4) is 0 Å². The Labute approximate surface area is 190 Å². The summed E-state index contributed by atoms with van der Waals surface area (Å²) in [6, 6.07) is 0. The van der Waals surface area contributed by atoms with Crippen LogP contribution >= 0.6 is 11.3 Å². The van der Waals surface area contributed by atoms with E-state index in [-0.39, 0.29) is 5.92 Å². The maximum absolute atomic E-state index is 12.9. The Kier molecular flexibility index (Phi) is 6.18. The minimum Gasteiger partial charge on any atom is -0.352 e. The average Bonchev–Trinajstić information content (AvgIpc) is 3.44. The van der Waals surface area contributed by atoms with Crippen LogP contribution in [0, 0.1) is 11.8 Å². The molecule has 168 valence electrons. The summed E-state index contributed by atoms with van der Waals surface area (Å²) < 4.78 is 0. The normalized spacial score (nSPS) is 22.3. The largest absolute Gasteiger partial charge is 0.352 e. The summed E-state index contributed by atoms with van der Waals surface area (Å²) in [7, 11) is 0. The number of nitrogens with zero attached hydrogens (tertiary/aromatic N) is 4. The van der Waals surface area contributed by atoms with E-state index >= 15 is 0 Å². The van der Waals surface area contributed by atoms with Crippen LogP contribution in [0.4, 0.5) is 5.82 Å². The Hall–Kier alpha value is -1.69. The molecule has 0 aromatic carbocycles. The predicted octanol–water partition coefficient (Wildman–Crippen LogP) is 5.00. The Morgan fingerprint density at radius 2 is 1.87 bits per heavy atom. The van der Waals surface area contributed by atoms with Gasteiger partial charge in [0.25, 0.3) is 0 Å². The number of hydrogen-bond donors (Lipinski definition) is 0. The number of carbonyl (C=O) groups excluding carboxylic acids is 1. The second-order valence-corrected chi connectivity index (χ2v) is 11.0. The van der Waals surface area contributed by atoms with Crippen LogP contribution in [0.2, 0.25) is 0 Å². The smallest absolute Gasteiger partial charge is 0.225 e. The molecule has 0 unspecified atom stereocenters. The number of unbranched alkanes of at least 4 members (excludes halogenated alkanes) is 1. The van der Waals surface area contributed by atoms with Crippen LogP contribution in [0.3, 0.4) is 0 Å². The van der Waals surface area contributed by atoms with Gasteiger partial charge in [0.1, 0.15) is 16.5 Å². The highest BCUT2D eigenvalue weighted by molar-refractivity contribution is 7.19. The predicted molar refractivity (Wildman–Crippen MR) is 128 cm³/mol. The Morgan fingerprint density at radius 3 is 2.61 bits per heavy atom. The molecule has 1 aliphatic heterocycles. The fraction of sp³-hybridized carbons (Fsp3) is 0.720. The molecule has 5 nitrogen and oxygen atoms in total. The molecule has 0 radical (unpaired) electrons. The van der Waals surface area contributed by atoms with Crippen LogP contribution in [0.25, 0.3) is 10.2 Å². The minimum atomic E-state index is 0.281.